The molecule has 1 aliphatic heterocycles. The number of carbonyl (C=O) groups is 2. The molecule has 1 heterocycles. The van der Waals surface area contributed by atoms with E-state index < -0.39 is 11.7 Å². The van der Waals surface area contributed by atoms with Crippen molar-refractivity contribution in [3.63, 3.8) is 0 Å². The molecular formula is C17H21BrFN3O3. The van der Waals surface area contributed by atoms with Crippen molar-refractivity contribution in [2.75, 3.05) is 45.9 Å². The number of rotatable bonds is 7. The first-order chi connectivity index (χ1) is 12.0. The fourth-order valence-electron chi connectivity index (χ4n) is 2.27. The van der Waals surface area contributed by atoms with Crippen LogP contribution in [0.1, 0.15) is 5.56 Å². The van der Waals surface area contributed by atoms with E-state index >= 15 is 0 Å². The van der Waals surface area contributed by atoms with Crippen LogP contribution in [0, 0.1) is 5.82 Å². The van der Waals surface area contributed by atoms with E-state index in [1.54, 1.807) is 12.1 Å². The number of nitrogens with one attached hydrogen (secondary N) is 2. The molecule has 1 aromatic rings. The molecule has 2 amide bonds. The lowest BCUT2D eigenvalue weighted by Gasteiger charge is -2.26. The first kappa shape index (κ1) is 19.6. The molecule has 1 aromatic carbocycles. The van der Waals surface area contributed by atoms with Gasteiger partial charge in [-0.1, -0.05) is 15.9 Å². The van der Waals surface area contributed by atoms with Gasteiger partial charge in [0.15, 0.2) is 0 Å². The van der Waals surface area contributed by atoms with E-state index in [2.05, 4.69) is 31.5 Å². The molecule has 0 aliphatic carbocycles. The molecule has 8 heteroatoms. The fourth-order valence-corrected chi connectivity index (χ4v) is 2.65. The Kier molecular flexibility index (Phi) is 8.03. The molecule has 136 valence electrons. The van der Waals surface area contributed by atoms with Crippen molar-refractivity contribution < 1.29 is 18.7 Å². The van der Waals surface area contributed by atoms with Gasteiger partial charge in [-0.2, -0.15) is 0 Å². The molecule has 0 unspecified atom stereocenters. The molecule has 1 aliphatic rings. The van der Waals surface area contributed by atoms with Crippen molar-refractivity contribution in [3.8, 4) is 0 Å². The Labute approximate surface area is 154 Å². The van der Waals surface area contributed by atoms with Crippen LogP contribution in [0.4, 0.5) is 4.39 Å². The third-order valence-electron chi connectivity index (χ3n) is 3.65. The molecule has 2 N–H and O–H groups in total. The minimum absolute atomic E-state index is 0.118. The van der Waals surface area contributed by atoms with Gasteiger partial charge in [-0.25, -0.2) is 4.39 Å². The molecule has 1 saturated heterocycles. The zero-order chi connectivity index (χ0) is 18.1. The first-order valence-electron chi connectivity index (χ1n) is 8.02. The highest BCUT2D eigenvalue weighted by molar-refractivity contribution is 9.10. The monoisotopic (exact) mass is 413 g/mol. The summed E-state index contributed by atoms with van der Waals surface area (Å²) in [6.45, 7) is 4.32. The molecule has 6 nitrogen and oxygen atoms in total. The average molecular weight is 414 g/mol. The summed E-state index contributed by atoms with van der Waals surface area (Å²) in [5, 5.41) is 5.22. The number of hydrogen-bond acceptors (Lipinski definition) is 4. The van der Waals surface area contributed by atoms with Gasteiger partial charge in [0.05, 0.1) is 19.8 Å². The van der Waals surface area contributed by atoms with Gasteiger partial charge in [-0.3, -0.25) is 14.5 Å². The number of halogens is 2. The minimum Gasteiger partial charge on any atom is -0.379 e. The molecule has 0 saturated carbocycles. The Bertz CT molecular complexity index is 634. The Morgan fingerprint density at radius 2 is 2.04 bits per heavy atom. The van der Waals surface area contributed by atoms with E-state index in [-0.39, 0.29) is 12.5 Å². The van der Waals surface area contributed by atoms with Crippen molar-refractivity contribution in [2.45, 2.75) is 0 Å². The van der Waals surface area contributed by atoms with Crippen LogP contribution < -0.4 is 10.6 Å². The maximum Gasteiger partial charge on any atom is 0.244 e. The normalized spacial score (nSPS) is 15.3. The predicted molar refractivity (Wildman–Crippen MR) is 96.4 cm³/mol. The van der Waals surface area contributed by atoms with Crippen LogP contribution in [0.5, 0.6) is 0 Å². The van der Waals surface area contributed by atoms with E-state index in [0.717, 1.165) is 32.8 Å². The van der Waals surface area contributed by atoms with Crippen LogP contribution >= 0.6 is 15.9 Å². The second kappa shape index (κ2) is 10.3. The van der Waals surface area contributed by atoms with Crippen molar-refractivity contribution in [2.24, 2.45) is 0 Å². The quantitative estimate of drug-likeness (QED) is 0.658. The fraction of sp³-hybridized carbons (Fsp3) is 0.412. The standard InChI is InChI=1S/C17H21BrFN3O3/c18-14-2-3-15(19)13(11-14)1-4-16(23)21-12-17(24)20-5-6-22-7-9-25-10-8-22/h1-4,11H,5-10,12H2,(H,20,24)(H,21,23). The van der Waals surface area contributed by atoms with Crippen LogP contribution in [-0.4, -0.2) is 62.7 Å². The topological polar surface area (TPSA) is 70.7 Å². The largest absolute Gasteiger partial charge is 0.379 e. The highest BCUT2D eigenvalue weighted by Gasteiger charge is 2.10. The van der Waals surface area contributed by atoms with Gasteiger partial charge in [0.2, 0.25) is 11.8 Å². The van der Waals surface area contributed by atoms with Crippen LogP contribution in [-0.2, 0) is 14.3 Å². The number of benzene rings is 1. The van der Waals surface area contributed by atoms with Crippen molar-refractivity contribution in [1.82, 2.24) is 15.5 Å². The summed E-state index contributed by atoms with van der Waals surface area (Å²) in [5.74, 6) is -1.14. The predicted octanol–water partition coefficient (Wildman–Crippen LogP) is 1.17. The third kappa shape index (κ3) is 7.33. The lowest BCUT2D eigenvalue weighted by atomic mass is 10.2. The zero-order valence-electron chi connectivity index (χ0n) is 13.8. The van der Waals surface area contributed by atoms with Gasteiger partial charge in [0, 0.05) is 42.3 Å². The molecule has 0 spiro atoms. The molecule has 25 heavy (non-hydrogen) atoms. The van der Waals surface area contributed by atoms with Crippen LogP contribution in [0.3, 0.4) is 0 Å². The van der Waals surface area contributed by atoms with Gasteiger partial charge in [-0.05, 0) is 24.3 Å². The number of ether oxygens (including phenoxy) is 1. The molecule has 0 atom stereocenters. The van der Waals surface area contributed by atoms with Crippen LogP contribution in [0.2, 0.25) is 0 Å². The van der Waals surface area contributed by atoms with Crippen molar-refractivity contribution in [1.29, 1.82) is 0 Å². The Morgan fingerprint density at radius 1 is 1.28 bits per heavy atom. The van der Waals surface area contributed by atoms with Gasteiger partial charge >= 0.3 is 0 Å². The van der Waals surface area contributed by atoms with E-state index in [0.29, 0.717) is 16.6 Å². The van der Waals surface area contributed by atoms with E-state index in [4.69, 9.17) is 4.74 Å². The highest BCUT2D eigenvalue weighted by atomic mass is 79.9. The molecule has 2 rings (SSSR count). The average Bonchev–Trinajstić information content (AvgIpc) is 2.61. The van der Waals surface area contributed by atoms with Gasteiger partial charge in [0.25, 0.3) is 0 Å². The summed E-state index contributed by atoms with van der Waals surface area (Å²) in [6.07, 6.45) is 2.57. The second-order valence-corrected chi connectivity index (χ2v) is 6.44. The van der Waals surface area contributed by atoms with E-state index in [1.165, 1.54) is 18.2 Å². The van der Waals surface area contributed by atoms with Gasteiger partial charge in [0.1, 0.15) is 5.82 Å². The SMILES string of the molecule is O=C(C=Cc1cc(Br)ccc1F)NCC(=O)NCCN1CCOCC1. The Balaban J connectivity index is 1.65. The molecular weight excluding hydrogens is 393 g/mol. The Hall–Kier alpha value is -1.77. The number of morpholine rings is 1. The number of nitrogens with zero attached hydrogens (tertiary/aromatic N) is 1. The van der Waals surface area contributed by atoms with Crippen molar-refractivity contribution in [3.05, 3.63) is 40.1 Å². The number of hydrogen-bond donors (Lipinski definition) is 2. The van der Waals surface area contributed by atoms with Gasteiger partial charge < -0.3 is 15.4 Å². The summed E-state index contributed by atoms with van der Waals surface area (Å²) in [6, 6.07) is 4.45. The summed E-state index contributed by atoms with van der Waals surface area (Å²) in [4.78, 5) is 25.6. The van der Waals surface area contributed by atoms with E-state index in [1.807, 2.05) is 0 Å². The second-order valence-electron chi connectivity index (χ2n) is 5.52. The summed E-state index contributed by atoms with van der Waals surface area (Å²) in [5.41, 5.74) is 0.291. The number of carbonyl (C=O) groups excluding carboxylic acids is 2. The molecule has 0 radical (unpaired) electrons. The van der Waals surface area contributed by atoms with Crippen LogP contribution in [0.25, 0.3) is 6.08 Å². The zero-order valence-corrected chi connectivity index (χ0v) is 15.4. The molecule has 0 bridgehead atoms. The maximum absolute atomic E-state index is 13.5. The summed E-state index contributed by atoms with van der Waals surface area (Å²) >= 11 is 3.24. The molecule has 0 aromatic heterocycles. The number of amides is 2. The minimum atomic E-state index is -0.456. The summed E-state index contributed by atoms with van der Waals surface area (Å²) < 4.78 is 19.5. The van der Waals surface area contributed by atoms with Gasteiger partial charge in [-0.15, -0.1) is 0 Å². The molecule has 1 fully saturated rings. The first-order valence-corrected chi connectivity index (χ1v) is 8.81. The third-order valence-corrected chi connectivity index (χ3v) is 4.14. The maximum atomic E-state index is 13.5. The lowest BCUT2D eigenvalue weighted by molar-refractivity contribution is -0.124. The Morgan fingerprint density at radius 3 is 2.80 bits per heavy atom. The highest BCUT2D eigenvalue weighted by Crippen LogP contribution is 2.16. The van der Waals surface area contributed by atoms with Crippen LogP contribution in [0.15, 0.2) is 28.7 Å². The van der Waals surface area contributed by atoms with Crippen molar-refractivity contribution >= 4 is 33.8 Å². The smallest absolute Gasteiger partial charge is 0.244 e. The summed E-state index contributed by atoms with van der Waals surface area (Å²) in [7, 11) is 0. The van der Waals surface area contributed by atoms with E-state index in [9.17, 15) is 14.0 Å². The lowest BCUT2D eigenvalue weighted by Crippen LogP contribution is -2.43.